The first-order chi connectivity index (χ1) is 8.25. The van der Waals surface area contributed by atoms with Crippen LogP contribution in [0.15, 0.2) is 36.0 Å². The Bertz CT molecular complexity index is 413. The largest absolute Gasteiger partial charge is 0.390 e. The van der Waals surface area contributed by atoms with E-state index in [0.717, 1.165) is 0 Å². The minimum atomic E-state index is -0.419. The summed E-state index contributed by atoms with van der Waals surface area (Å²) in [5, 5.41) is 19.3. The minimum Gasteiger partial charge on any atom is -0.390 e. The molecular formula is C12H17N3OS. The topological polar surface area (TPSA) is 50.1 Å². The molecule has 2 heterocycles. The van der Waals surface area contributed by atoms with E-state index in [1.165, 1.54) is 4.88 Å². The van der Waals surface area contributed by atoms with Crippen LogP contribution in [0.25, 0.3) is 0 Å². The van der Waals surface area contributed by atoms with Crippen LogP contribution in [0.1, 0.15) is 17.8 Å². The summed E-state index contributed by atoms with van der Waals surface area (Å²) in [6.07, 6.45) is 3.15. The average Bonchev–Trinajstić information content (AvgIpc) is 2.97. The predicted octanol–water partition coefficient (Wildman–Crippen LogP) is 1.66. The first-order valence-corrected chi connectivity index (χ1v) is 6.56. The molecule has 0 aromatic carbocycles. The lowest BCUT2D eigenvalue weighted by Gasteiger charge is -2.16. The standard InChI is InChI=1S/C12H17N3OS/c1-10(12-4-2-7-17-12)13-8-11(16)9-15-6-3-5-14-15/h2-7,10-11,13,16H,8-9H2,1H3/t10-,11?/m1/s1. The fourth-order valence-corrected chi connectivity index (χ4v) is 2.40. The van der Waals surface area contributed by atoms with E-state index in [1.54, 1.807) is 22.2 Å². The SMILES string of the molecule is C[C@@H](NCC(O)Cn1cccn1)c1cccs1. The summed E-state index contributed by atoms with van der Waals surface area (Å²) >= 11 is 1.73. The molecule has 0 aliphatic rings. The van der Waals surface area contributed by atoms with E-state index in [4.69, 9.17) is 0 Å². The van der Waals surface area contributed by atoms with Crippen LogP contribution in [0.3, 0.4) is 0 Å². The van der Waals surface area contributed by atoms with Gasteiger partial charge >= 0.3 is 0 Å². The Morgan fingerprint density at radius 2 is 2.41 bits per heavy atom. The quantitative estimate of drug-likeness (QED) is 0.821. The zero-order valence-corrected chi connectivity index (χ0v) is 10.6. The van der Waals surface area contributed by atoms with Gasteiger partial charge in [0.25, 0.3) is 0 Å². The molecule has 2 aromatic rings. The highest BCUT2D eigenvalue weighted by molar-refractivity contribution is 7.10. The summed E-state index contributed by atoms with van der Waals surface area (Å²) in [5.74, 6) is 0. The lowest BCUT2D eigenvalue weighted by molar-refractivity contribution is 0.144. The highest BCUT2D eigenvalue weighted by atomic mass is 32.1. The molecule has 2 N–H and O–H groups in total. The number of aromatic nitrogens is 2. The smallest absolute Gasteiger partial charge is 0.0860 e. The molecule has 0 fully saturated rings. The van der Waals surface area contributed by atoms with Gasteiger partial charge in [0.1, 0.15) is 0 Å². The molecule has 0 radical (unpaired) electrons. The second-order valence-electron chi connectivity index (χ2n) is 4.03. The van der Waals surface area contributed by atoms with Gasteiger partial charge in [-0.15, -0.1) is 11.3 Å². The van der Waals surface area contributed by atoms with Crippen molar-refractivity contribution in [3.63, 3.8) is 0 Å². The van der Waals surface area contributed by atoms with Crippen molar-refractivity contribution < 1.29 is 5.11 Å². The van der Waals surface area contributed by atoms with Crippen LogP contribution in [0, 0.1) is 0 Å². The number of aliphatic hydroxyl groups excluding tert-OH is 1. The first-order valence-electron chi connectivity index (χ1n) is 5.68. The third-order valence-corrected chi connectivity index (χ3v) is 3.64. The van der Waals surface area contributed by atoms with Crippen LogP contribution in [0.2, 0.25) is 0 Å². The molecule has 0 saturated heterocycles. The van der Waals surface area contributed by atoms with Crippen molar-refractivity contribution in [2.24, 2.45) is 0 Å². The van der Waals surface area contributed by atoms with Crippen LogP contribution < -0.4 is 5.32 Å². The average molecular weight is 251 g/mol. The van der Waals surface area contributed by atoms with Gasteiger partial charge in [0.2, 0.25) is 0 Å². The molecule has 0 spiro atoms. The Morgan fingerprint density at radius 1 is 1.53 bits per heavy atom. The van der Waals surface area contributed by atoms with E-state index in [1.807, 2.05) is 18.3 Å². The number of rotatable bonds is 6. The van der Waals surface area contributed by atoms with Crippen molar-refractivity contribution >= 4 is 11.3 Å². The van der Waals surface area contributed by atoms with E-state index in [-0.39, 0.29) is 6.04 Å². The number of hydrogen-bond acceptors (Lipinski definition) is 4. The molecule has 2 aromatic heterocycles. The third-order valence-electron chi connectivity index (χ3n) is 2.59. The molecule has 0 aliphatic carbocycles. The van der Waals surface area contributed by atoms with Crippen LogP contribution in [-0.4, -0.2) is 27.5 Å². The maximum absolute atomic E-state index is 9.85. The fraction of sp³-hybridized carbons (Fsp3) is 0.417. The Hall–Kier alpha value is -1.17. The number of nitrogens with zero attached hydrogens (tertiary/aromatic N) is 2. The van der Waals surface area contributed by atoms with Crippen molar-refractivity contribution in [2.75, 3.05) is 6.54 Å². The summed E-state index contributed by atoms with van der Waals surface area (Å²) < 4.78 is 1.74. The summed E-state index contributed by atoms with van der Waals surface area (Å²) in [6.45, 7) is 3.20. The maximum atomic E-state index is 9.85. The Morgan fingerprint density at radius 3 is 3.06 bits per heavy atom. The van der Waals surface area contributed by atoms with Gasteiger partial charge in [0, 0.05) is 29.9 Å². The highest BCUT2D eigenvalue weighted by Gasteiger charge is 2.09. The third kappa shape index (κ3) is 3.66. The lowest BCUT2D eigenvalue weighted by Crippen LogP contribution is -2.31. The van der Waals surface area contributed by atoms with E-state index in [2.05, 4.69) is 28.8 Å². The van der Waals surface area contributed by atoms with Crippen molar-refractivity contribution in [2.45, 2.75) is 25.6 Å². The van der Waals surface area contributed by atoms with Gasteiger partial charge in [0.05, 0.1) is 12.6 Å². The van der Waals surface area contributed by atoms with Gasteiger partial charge in [-0.2, -0.15) is 5.10 Å². The van der Waals surface area contributed by atoms with E-state index in [9.17, 15) is 5.11 Å². The Kier molecular flexibility index (Phi) is 4.30. The maximum Gasteiger partial charge on any atom is 0.0860 e. The van der Waals surface area contributed by atoms with E-state index >= 15 is 0 Å². The van der Waals surface area contributed by atoms with E-state index < -0.39 is 6.10 Å². The van der Waals surface area contributed by atoms with Gasteiger partial charge in [-0.3, -0.25) is 4.68 Å². The Labute approximate surface area is 105 Å². The monoisotopic (exact) mass is 251 g/mol. The molecule has 0 saturated carbocycles. The number of thiophene rings is 1. The molecule has 0 aliphatic heterocycles. The van der Waals surface area contributed by atoms with Gasteiger partial charge in [0.15, 0.2) is 0 Å². The minimum absolute atomic E-state index is 0.280. The molecule has 0 amide bonds. The summed E-state index contributed by atoms with van der Waals surface area (Å²) in [6, 6.07) is 6.27. The van der Waals surface area contributed by atoms with Crippen LogP contribution in [-0.2, 0) is 6.54 Å². The van der Waals surface area contributed by atoms with Crippen molar-refractivity contribution in [1.29, 1.82) is 0 Å². The number of nitrogens with one attached hydrogen (secondary N) is 1. The van der Waals surface area contributed by atoms with Gasteiger partial charge in [-0.05, 0) is 24.4 Å². The summed E-state index contributed by atoms with van der Waals surface area (Å²) in [4.78, 5) is 1.29. The predicted molar refractivity (Wildman–Crippen MR) is 69.0 cm³/mol. The molecule has 0 bridgehead atoms. The second-order valence-corrected chi connectivity index (χ2v) is 5.01. The van der Waals surface area contributed by atoms with Crippen LogP contribution in [0.5, 0.6) is 0 Å². The number of hydrogen-bond donors (Lipinski definition) is 2. The zero-order valence-electron chi connectivity index (χ0n) is 9.78. The second kappa shape index (κ2) is 5.95. The van der Waals surface area contributed by atoms with Gasteiger partial charge in [-0.25, -0.2) is 0 Å². The van der Waals surface area contributed by atoms with Gasteiger partial charge < -0.3 is 10.4 Å². The molecule has 4 nitrogen and oxygen atoms in total. The Balaban J connectivity index is 1.74. The molecule has 5 heteroatoms. The van der Waals surface area contributed by atoms with E-state index in [0.29, 0.717) is 13.1 Å². The molecule has 1 unspecified atom stereocenters. The summed E-state index contributed by atoms with van der Waals surface area (Å²) in [5.41, 5.74) is 0. The highest BCUT2D eigenvalue weighted by Crippen LogP contribution is 2.17. The summed E-state index contributed by atoms with van der Waals surface area (Å²) in [7, 11) is 0. The molecule has 92 valence electrons. The number of aliphatic hydroxyl groups is 1. The molecular weight excluding hydrogens is 234 g/mol. The van der Waals surface area contributed by atoms with Crippen LogP contribution in [0.4, 0.5) is 0 Å². The van der Waals surface area contributed by atoms with Crippen LogP contribution >= 0.6 is 11.3 Å². The zero-order chi connectivity index (χ0) is 12.1. The molecule has 2 rings (SSSR count). The molecule has 2 atom stereocenters. The van der Waals surface area contributed by atoms with Crippen molar-refractivity contribution in [3.8, 4) is 0 Å². The molecule has 17 heavy (non-hydrogen) atoms. The van der Waals surface area contributed by atoms with Gasteiger partial charge in [-0.1, -0.05) is 6.07 Å². The first kappa shape index (κ1) is 12.3. The normalized spacial score (nSPS) is 14.7. The van der Waals surface area contributed by atoms with Crippen molar-refractivity contribution in [1.82, 2.24) is 15.1 Å². The van der Waals surface area contributed by atoms with Crippen molar-refractivity contribution in [3.05, 3.63) is 40.8 Å². The lowest BCUT2D eigenvalue weighted by atomic mass is 10.2. The fourth-order valence-electron chi connectivity index (χ4n) is 1.64.